The van der Waals surface area contributed by atoms with Crippen molar-refractivity contribution in [2.45, 2.75) is 32.6 Å². The Morgan fingerprint density at radius 2 is 2.11 bits per heavy atom. The molecular formula is C15H20BrNO. The highest BCUT2D eigenvalue weighted by molar-refractivity contribution is 9.09. The molecule has 2 nitrogen and oxygen atoms in total. The second-order valence-electron chi connectivity index (χ2n) is 5.34. The van der Waals surface area contributed by atoms with Crippen LogP contribution in [0, 0.1) is 12.3 Å². The van der Waals surface area contributed by atoms with Gasteiger partial charge in [0.15, 0.2) is 0 Å². The summed E-state index contributed by atoms with van der Waals surface area (Å²) in [6.07, 6.45) is 3.88. The molecule has 0 bridgehead atoms. The third-order valence-corrected chi connectivity index (χ3v) is 4.97. The van der Waals surface area contributed by atoms with Crippen molar-refractivity contribution >= 4 is 21.8 Å². The van der Waals surface area contributed by atoms with Gasteiger partial charge in [0, 0.05) is 18.3 Å². The zero-order valence-electron chi connectivity index (χ0n) is 10.8. The monoisotopic (exact) mass is 309 g/mol. The van der Waals surface area contributed by atoms with Crippen LogP contribution >= 0.6 is 15.9 Å². The molecular weight excluding hydrogens is 290 g/mol. The number of halogens is 1. The fraction of sp³-hybridized carbons (Fsp3) is 0.533. The fourth-order valence-electron chi connectivity index (χ4n) is 2.05. The molecule has 1 aromatic rings. The standard InChI is InChI=1S/C15H20BrNO/c1-12-4-2-3-5-13(12)6-7-14(18)17-11-15(10-16)8-9-15/h2-5H,6-11H2,1H3,(H,17,18). The average Bonchev–Trinajstić information content (AvgIpc) is 3.16. The molecule has 0 spiro atoms. The topological polar surface area (TPSA) is 29.1 Å². The number of aryl methyl sites for hydroxylation is 2. The largest absolute Gasteiger partial charge is 0.356 e. The lowest BCUT2D eigenvalue weighted by atomic mass is 10.0. The van der Waals surface area contributed by atoms with Crippen LogP contribution in [0.2, 0.25) is 0 Å². The Morgan fingerprint density at radius 3 is 2.72 bits per heavy atom. The van der Waals surface area contributed by atoms with E-state index in [1.165, 1.54) is 24.0 Å². The first kappa shape index (κ1) is 13.6. The fourth-order valence-corrected chi connectivity index (χ4v) is 2.81. The number of amides is 1. The first-order valence-electron chi connectivity index (χ1n) is 6.52. The maximum absolute atomic E-state index is 11.8. The van der Waals surface area contributed by atoms with Crippen molar-refractivity contribution in [3.8, 4) is 0 Å². The minimum absolute atomic E-state index is 0.172. The number of carbonyl (C=O) groups is 1. The number of nitrogens with one attached hydrogen (secondary N) is 1. The Hall–Kier alpha value is -0.830. The van der Waals surface area contributed by atoms with Crippen LogP contribution in [0.3, 0.4) is 0 Å². The molecule has 18 heavy (non-hydrogen) atoms. The highest BCUT2D eigenvalue weighted by atomic mass is 79.9. The third-order valence-electron chi connectivity index (χ3n) is 3.78. The van der Waals surface area contributed by atoms with Gasteiger partial charge in [-0.25, -0.2) is 0 Å². The summed E-state index contributed by atoms with van der Waals surface area (Å²) >= 11 is 3.52. The lowest BCUT2D eigenvalue weighted by Gasteiger charge is -2.12. The van der Waals surface area contributed by atoms with Crippen molar-refractivity contribution in [3.63, 3.8) is 0 Å². The Kier molecular flexibility index (Phi) is 4.44. The van der Waals surface area contributed by atoms with E-state index in [0.717, 1.165) is 18.3 Å². The van der Waals surface area contributed by atoms with Crippen molar-refractivity contribution < 1.29 is 4.79 Å². The first-order valence-corrected chi connectivity index (χ1v) is 7.65. The molecule has 0 aliphatic heterocycles. The van der Waals surface area contributed by atoms with Gasteiger partial charge in [0.25, 0.3) is 0 Å². The average molecular weight is 310 g/mol. The van der Waals surface area contributed by atoms with Crippen molar-refractivity contribution in [2.75, 3.05) is 11.9 Å². The summed E-state index contributed by atoms with van der Waals surface area (Å²) in [5.41, 5.74) is 2.90. The number of carbonyl (C=O) groups excluding carboxylic acids is 1. The van der Waals surface area contributed by atoms with Crippen molar-refractivity contribution in [1.82, 2.24) is 5.32 Å². The minimum atomic E-state index is 0.172. The molecule has 98 valence electrons. The number of alkyl halides is 1. The maximum Gasteiger partial charge on any atom is 0.220 e. The molecule has 0 atom stereocenters. The highest BCUT2D eigenvalue weighted by Crippen LogP contribution is 2.46. The smallest absolute Gasteiger partial charge is 0.220 e. The van der Waals surface area contributed by atoms with E-state index in [-0.39, 0.29) is 5.91 Å². The molecule has 2 rings (SSSR count). The van der Waals surface area contributed by atoms with E-state index >= 15 is 0 Å². The van der Waals surface area contributed by atoms with E-state index in [1.54, 1.807) is 0 Å². The number of rotatable bonds is 6. The second-order valence-corrected chi connectivity index (χ2v) is 5.90. The summed E-state index contributed by atoms with van der Waals surface area (Å²) in [6.45, 7) is 2.92. The predicted octanol–water partition coefficient (Wildman–Crippen LogP) is 3.22. The Labute approximate surface area is 117 Å². The molecule has 1 aromatic carbocycles. The Balaban J connectivity index is 1.74. The summed E-state index contributed by atoms with van der Waals surface area (Å²) < 4.78 is 0. The molecule has 0 unspecified atom stereocenters. The van der Waals surface area contributed by atoms with Gasteiger partial charge in [-0.1, -0.05) is 40.2 Å². The van der Waals surface area contributed by atoms with Crippen molar-refractivity contribution in [2.24, 2.45) is 5.41 Å². The van der Waals surface area contributed by atoms with Gasteiger partial charge in [0.05, 0.1) is 0 Å². The zero-order valence-corrected chi connectivity index (χ0v) is 12.4. The van der Waals surface area contributed by atoms with Crippen LogP contribution in [-0.2, 0) is 11.2 Å². The SMILES string of the molecule is Cc1ccccc1CCC(=O)NCC1(CBr)CC1. The summed E-state index contributed by atoms with van der Waals surface area (Å²) in [6, 6.07) is 8.26. The van der Waals surface area contributed by atoms with E-state index in [0.29, 0.717) is 11.8 Å². The quantitative estimate of drug-likeness (QED) is 0.803. The summed E-state index contributed by atoms with van der Waals surface area (Å²) in [5, 5.41) is 4.06. The summed E-state index contributed by atoms with van der Waals surface area (Å²) in [7, 11) is 0. The van der Waals surface area contributed by atoms with Crippen molar-refractivity contribution in [1.29, 1.82) is 0 Å². The Bertz CT molecular complexity index is 426. The summed E-state index contributed by atoms with van der Waals surface area (Å²) in [4.78, 5) is 11.8. The van der Waals surface area contributed by atoms with Gasteiger partial charge >= 0.3 is 0 Å². The van der Waals surface area contributed by atoms with E-state index in [4.69, 9.17) is 0 Å². The van der Waals surface area contributed by atoms with Crippen LogP contribution in [0.4, 0.5) is 0 Å². The van der Waals surface area contributed by atoms with Gasteiger partial charge in [-0.2, -0.15) is 0 Å². The van der Waals surface area contributed by atoms with Gasteiger partial charge in [-0.15, -0.1) is 0 Å². The number of hydrogen-bond donors (Lipinski definition) is 1. The molecule has 0 radical (unpaired) electrons. The van der Waals surface area contributed by atoms with E-state index in [1.807, 2.05) is 12.1 Å². The minimum Gasteiger partial charge on any atom is -0.356 e. The number of hydrogen-bond acceptors (Lipinski definition) is 1. The first-order chi connectivity index (χ1) is 8.65. The van der Waals surface area contributed by atoms with Crippen LogP contribution in [0.25, 0.3) is 0 Å². The number of benzene rings is 1. The van der Waals surface area contributed by atoms with E-state index in [9.17, 15) is 4.79 Å². The van der Waals surface area contributed by atoms with Gasteiger partial charge in [-0.05, 0) is 42.7 Å². The molecule has 1 amide bonds. The molecule has 1 N–H and O–H groups in total. The predicted molar refractivity (Wildman–Crippen MR) is 78.0 cm³/mol. The molecule has 1 fully saturated rings. The molecule has 0 saturated heterocycles. The van der Waals surface area contributed by atoms with Gasteiger partial charge < -0.3 is 5.32 Å². The van der Waals surface area contributed by atoms with Crippen LogP contribution in [0.5, 0.6) is 0 Å². The van der Waals surface area contributed by atoms with Gasteiger partial charge in [0.1, 0.15) is 0 Å². The van der Waals surface area contributed by atoms with Gasteiger partial charge in [-0.3, -0.25) is 4.79 Å². The normalized spacial score (nSPS) is 16.3. The second kappa shape index (κ2) is 5.87. The third kappa shape index (κ3) is 3.58. The molecule has 0 aromatic heterocycles. The molecule has 1 aliphatic rings. The lowest BCUT2D eigenvalue weighted by Crippen LogP contribution is -2.31. The van der Waals surface area contributed by atoms with Crippen LogP contribution < -0.4 is 5.32 Å². The molecule has 0 heterocycles. The maximum atomic E-state index is 11.8. The van der Waals surface area contributed by atoms with Crippen LogP contribution in [-0.4, -0.2) is 17.8 Å². The molecule has 3 heteroatoms. The molecule has 1 aliphatic carbocycles. The molecule has 1 saturated carbocycles. The van der Waals surface area contributed by atoms with Crippen molar-refractivity contribution in [3.05, 3.63) is 35.4 Å². The Morgan fingerprint density at radius 1 is 1.39 bits per heavy atom. The highest BCUT2D eigenvalue weighted by Gasteiger charge is 2.41. The lowest BCUT2D eigenvalue weighted by molar-refractivity contribution is -0.121. The van der Waals surface area contributed by atoms with Crippen LogP contribution in [0.1, 0.15) is 30.4 Å². The van der Waals surface area contributed by atoms with E-state index < -0.39 is 0 Å². The van der Waals surface area contributed by atoms with E-state index in [2.05, 4.69) is 40.3 Å². The zero-order chi connectivity index (χ0) is 13.0. The van der Waals surface area contributed by atoms with Crippen LogP contribution in [0.15, 0.2) is 24.3 Å². The van der Waals surface area contributed by atoms with Gasteiger partial charge in [0.2, 0.25) is 5.91 Å². The summed E-state index contributed by atoms with van der Waals surface area (Å²) in [5.74, 6) is 0.172.